The lowest BCUT2D eigenvalue weighted by Crippen LogP contribution is -2.19. The van der Waals surface area contributed by atoms with Crippen LogP contribution < -0.4 is 11.1 Å². The first kappa shape index (κ1) is 12.4. The third-order valence-corrected chi connectivity index (χ3v) is 2.98. The molecule has 7 heteroatoms. The Morgan fingerprint density at radius 3 is 2.67 bits per heavy atom. The monoisotopic (exact) mass is 275 g/mol. The maximum Gasteiger partial charge on any atom is 0.198 e. The van der Waals surface area contributed by atoms with Crippen LogP contribution in [0.2, 0.25) is 0 Å². The Balaban J connectivity index is 2.05. The highest BCUT2D eigenvalue weighted by molar-refractivity contribution is 8.03. The topological polar surface area (TPSA) is 79.7 Å². The Morgan fingerprint density at radius 1 is 1.39 bits per heavy atom. The van der Waals surface area contributed by atoms with Crippen LogP contribution in [0, 0.1) is 10.7 Å². The number of nitrogens with zero attached hydrogens (tertiary/aromatic N) is 3. The normalized spacial score (nSPS) is 9.72. The van der Waals surface area contributed by atoms with Gasteiger partial charge in [0, 0.05) is 22.8 Å². The van der Waals surface area contributed by atoms with Crippen LogP contribution in [0.15, 0.2) is 41.4 Å². The number of nitriles is 1. The van der Waals surface area contributed by atoms with Crippen molar-refractivity contribution in [1.82, 2.24) is 9.78 Å². The number of thiocarbonyl (C=S) groups is 1. The van der Waals surface area contributed by atoms with Crippen LogP contribution in [0.4, 0.5) is 11.5 Å². The predicted octanol–water partition coefficient (Wildman–Crippen LogP) is 2.28. The van der Waals surface area contributed by atoms with E-state index in [1.54, 1.807) is 12.3 Å². The molecule has 1 aromatic carbocycles. The first-order chi connectivity index (χ1) is 8.69. The van der Waals surface area contributed by atoms with Crippen molar-refractivity contribution in [3.63, 3.8) is 0 Å². The van der Waals surface area contributed by atoms with Crippen LogP contribution >= 0.6 is 24.0 Å². The maximum absolute atomic E-state index is 8.54. The molecule has 0 aliphatic rings. The molecule has 0 unspecified atom stereocenters. The Morgan fingerprint density at radius 2 is 2.11 bits per heavy atom. The minimum absolute atomic E-state index is 0.417. The van der Waals surface area contributed by atoms with Crippen LogP contribution in [0.25, 0.3) is 0 Å². The smallest absolute Gasteiger partial charge is 0.198 e. The summed E-state index contributed by atoms with van der Waals surface area (Å²) in [4.78, 5) is 0.886. The first-order valence-corrected chi connectivity index (χ1v) is 6.20. The van der Waals surface area contributed by atoms with Crippen molar-refractivity contribution in [2.45, 2.75) is 4.90 Å². The Kier molecular flexibility index (Phi) is 3.82. The summed E-state index contributed by atoms with van der Waals surface area (Å²) in [6.07, 6.45) is 1.69. The van der Waals surface area contributed by atoms with E-state index in [4.69, 9.17) is 23.2 Å². The van der Waals surface area contributed by atoms with E-state index < -0.39 is 0 Å². The van der Waals surface area contributed by atoms with Crippen LogP contribution in [0.3, 0.4) is 0 Å². The van der Waals surface area contributed by atoms with E-state index >= 15 is 0 Å². The molecule has 0 saturated carbocycles. The second-order valence-electron chi connectivity index (χ2n) is 3.33. The fourth-order valence-electron chi connectivity index (χ4n) is 1.29. The third-order valence-electron chi connectivity index (χ3n) is 2.09. The molecule has 1 aromatic heterocycles. The van der Waals surface area contributed by atoms with Gasteiger partial charge in [-0.3, -0.25) is 0 Å². The minimum atomic E-state index is 0.417. The van der Waals surface area contributed by atoms with Crippen molar-refractivity contribution >= 4 is 40.6 Å². The zero-order valence-corrected chi connectivity index (χ0v) is 10.8. The summed E-state index contributed by atoms with van der Waals surface area (Å²) in [7, 11) is 0. The molecule has 0 radical (unpaired) electrons. The molecule has 2 aromatic rings. The van der Waals surface area contributed by atoms with Crippen LogP contribution in [-0.4, -0.2) is 14.9 Å². The second kappa shape index (κ2) is 5.53. The number of nitrogens with one attached hydrogen (secondary N) is 1. The molecule has 0 atom stereocenters. The fraction of sp³-hybridized carbons (Fsp3) is 0. The Labute approximate surface area is 114 Å². The van der Waals surface area contributed by atoms with Gasteiger partial charge in [0.1, 0.15) is 11.2 Å². The van der Waals surface area contributed by atoms with Crippen LogP contribution in [0.1, 0.15) is 0 Å². The molecule has 3 N–H and O–H groups in total. The van der Waals surface area contributed by atoms with Crippen molar-refractivity contribution in [2.24, 2.45) is 0 Å². The molecule has 90 valence electrons. The lowest BCUT2D eigenvalue weighted by molar-refractivity contribution is 0.953. The van der Waals surface area contributed by atoms with E-state index in [9.17, 15) is 0 Å². The minimum Gasteiger partial charge on any atom is -0.382 e. The van der Waals surface area contributed by atoms with E-state index in [0.29, 0.717) is 10.9 Å². The van der Waals surface area contributed by atoms with Gasteiger partial charge in [0.15, 0.2) is 5.11 Å². The van der Waals surface area contributed by atoms with E-state index in [-0.39, 0.29) is 0 Å². The van der Waals surface area contributed by atoms with E-state index in [1.807, 2.05) is 29.7 Å². The molecule has 0 aliphatic carbocycles. The molecular weight excluding hydrogens is 266 g/mol. The molecule has 0 saturated heterocycles. The molecule has 18 heavy (non-hydrogen) atoms. The lowest BCUT2D eigenvalue weighted by Gasteiger charge is -2.07. The number of hydrogen-bond acceptors (Lipinski definition) is 5. The largest absolute Gasteiger partial charge is 0.382 e. The van der Waals surface area contributed by atoms with E-state index in [0.717, 1.165) is 22.3 Å². The highest BCUT2D eigenvalue weighted by Crippen LogP contribution is 2.19. The zero-order chi connectivity index (χ0) is 13.0. The summed E-state index contributed by atoms with van der Waals surface area (Å²) in [5.41, 5.74) is 6.34. The molecule has 0 bridgehead atoms. The molecule has 1 heterocycles. The highest BCUT2D eigenvalue weighted by Gasteiger charge is 2.02. The number of nitrogen functional groups attached to an aromatic ring is 1. The molecule has 2 rings (SSSR count). The number of nitrogens with two attached hydrogens (primary N) is 1. The molecule has 0 amide bonds. The molecular formula is C11H9N5S2. The summed E-state index contributed by atoms with van der Waals surface area (Å²) < 4.78 is 1.49. The fourth-order valence-corrected chi connectivity index (χ4v) is 1.89. The standard InChI is InChI=1S/C11H9N5S2/c12-7-18-9-3-1-8(2-4-9)14-11(17)16-6-5-10(13)15-16/h1-6H,(H2,13,15)(H,14,17). The van der Waals surface area contributed by atoms with Crippen molar-refractivity contribution in [1.29, 1.82) is 5.26 Å². The van der Waals surface area contributed by atoms with E-state index in [2.05, 4.69) is 10.4 Å². The van der Waals surface area contributed by atoms with E-state index in [1.165, 1.54) is 4.68 Å². The van der Waals surface area contributed by atoms with Crippen molar-refractivity contribution in [3.8, 4) is 5.40 Å². The van der Waals surface area contributed by atoms with Crippen LogP contribution in [0.5, 0.6) is 0 Å². The Hall–Kier alpha value is -2.04. The van der Waals surface area contributed by atoms with Gasteiger partial charge in [0.2, 0.25) is 0 Å². The van der Waals surface area contributed by atoms with Gasteiger partial charge in [-0.05, 0) is 48.2 Å². The van der Waals surface area contributed by atoms with Gasteiger partial charge in [0.05, 0.1) is 0 Å². The average Bonchev–Trinajstić information content (AvgIpc) is 2.79. The Bertz CT molecular complexity index is 597. The number of benzene rings is 1. The number of thiocyanates is 1. The van der Waals surface area contributed by atoms with Gasteiger partial charge < -0.3 is 11.1 Å². The van der Waals surface area contributed by atoms with Crippen molar-refractivity contribution < 1.29 is 0 Å². The average molecular weight is 275 g/mol. The SMILES string of the molecule is N#CSc1ccc(NC(=S)n2ccc(N)n2)cc1. The number of hydrogen-bond donors (Lipinski definition) is 2. The van der Waals surface area contributed by atoms with Gasteiger partial charge in [-0.15, -0.1) is 5.10 Å². The summed E-state index contributed by atoms with van der Waals surface area (Å²) in [5, 5.41) is 18.0. The number of aromatic nitrogens is 2. The summed E-state index contributed by atoms with van der Waals surface area (Å²) >= 11 is 6.29. The zero-order valence-electron chi connectivity index (χ0n) is 9.20. The first-order valence-electron chi connectivity index (χ1n) is 4.97. The van der Waals surface area contributed by atoms with Gasteiger partial charge in [-0.1, -0.05) is 0 Å². The number of thioether (sulfide) groups is 1. The predicted molar refractivity (Wildman–Crippen MR) is 76.2 cm³/mol. The van der Waals surface area contributed by atoms with Crippen molar-refractivity contribution in [2.75, 3.05) is 11.1 Å². The molecule has 5 nitrogen and oxygen atoms in total. The quantitative estimate of drug-likeness (QED) is 0.497. The summed E-state index contributed by atoms with van der Waals surface area (Å²) in [6.45, 7) is 0. The molecule has 0 spiro atoms. The maximum atomic E-state index is 8.54. The van der Waals surface area contributed by atoms with Crippen molar-refractivity contribution in [3.05, 3.63) is 36.5 Å². The third kappa shape index (κ3) is 3.00. The highest BCUT2D eigenvalue weighted by atomic mass is 32.2. The number of anilines is 2. The van der Waals surface area contributed by atoms with Gasteiger partial charge in [-0.25, -0.2) is 4.68 Å². The van der Waals surface area contributed by atoms with Crippen LogP contribution in [-0.2, 0) is 0 Å². The number of rotatable bonds is 2. The molecule has 0 fully saturated rings. The lowest BCUT2D eigenvalue weighted by atomic mass is 10.3. The molecule has 0 aliphatic heterocycles. The summed E-state index contributed by atoms with van der Waals surface area (Å²) in [5.74, 6) is 0.417. The summed E-state index contributed by atoms with van der Waals surface area (Å²) in [6, 6.07) is 9.05. The second-order valence-corrected chi connectivity index (χ2v) is 4.58. The van der Waals surface area contributed by atoms with Gasteiger partial charge >= 0.3 is 0 Å². The van der Waals surface area contributed by atoms with Gasteiger partial charge in [-0.2, -0.15) is 5.26 Å². The van der Waals surface area contributed by atoms with Gasteiger partial charge in [0.25, 0.3) is 0 Å².